The van der Waals surface area contributed by atoms with Crippen LogP contribution in [0.1, 0.15) is 24.2 Å². The minimum Gasteiger partial charge on any atom is -0.391 e. The first kappa shape index (κ1) is 13.2. The van der Waals surface area contributed by atoms with Gasteiger partial charge < -0.3 is 14.7 Å². The Morgan fingerprint density at radius 2 is 2.39 bits per heavy atom. The molecule has 0 aromatic carbocycles. The van der Waals surface area contributed by atoms with Gasteiger partial charge in [0.05, 0.1) is 13.2 Å². The van der Waals surface area contributed by atoms with Crippen molar-refractivity contribution in [3.8, 4) is 0 Å². The number of anilines is 1. The molecular weight excluding hydrogens is 230 g/mol. The van der Waals surface area contributed by atoms with Crippen molar-refractivity contribution in [2.45, 2.75) is 26.4 Å². The topological polar surface area (TPSA) is 58.5 Å². The third-order valence-electron chi connectivity index (χ3n) is 3.28. The molecule has 0 bridgehead atoms. The van der Waals surface area contributed by atoms with Gasteiger partial charge in [-0.15, -0.1) is 0 Å². The summed E-state index contributed by atoms with van der Waals surface area (Å²) in [6.45, 7) is 4.45. The lowest BCUT2D eigenvalue weighted by atomic mass is 10.0. The molecule has 1 N–H and O–H groups in total. The van der Waals surface area contributed by atoms with Crippen molar-refractivity contribution in [2.24, 2.45) is 5.92 Å². The average molecular weight is 251 g/mol. The van der Waals surface area contributed by atoms with Crippen molar-refractivity contribution in [3.63, 3.8) is 0 Å². The zero-order chi connectivity index (χ0) is 13.0. The molecule has 0 amide bonds. The monoisotopic (exact) mass is 251 g/mol. The Balaban J connectivity index is 2.07. The molecule has 5 nitrogen and oxygen atoms in total. The quantitative estimate of drug-likeness (QED) is 0.869. The molecule has 1 unspecified atom stereocenters. The second-order valence-electron chi connectivity index (χ2n) is 4.89. The van der Waals surface area contributed by atoms with E-state index in [-0.39, 0.29) is 6.61 Å². The van der Waals surface area contributed by atoms with Crippen LogP contribution in [0.3, 0.4) is 0 Å². The fourth-order valence-corrected chi connectivity index (χ4v) is 2.35. The van der Waals surface area contributed by atoms with Crippen LogP contribution in [0.15, 0.2) is 6.20 Å². The van der Waals surface area contributed by atoms with Crippen LogP contribution in [-0.4, -0.2) is 41.9 Å². The summed E-state index contributed by atoms with van der Waals surface area (Å²) >= 11 is 0. The van der Waals surface area contributed by atoms with Gasteiger partial charge in [-0.05, 0) is 25.7 Å². The molecule has 1 saturated heterocycles. The summed E-state index contributed by atoms with van der Waals surface area (Å²) in [5, 5.41) is 9.33. The summed E-state index contributed by atoms with van der Waals surface area (Å²) in [6, 6.07) is 0. The fraction of sp³-hybridized carbons (Fsp3) is 0.692. The average Bonchev–Trinajstić information content (AvgIpc) is 2.40. The number of hydrogen-bond donors (Lipinski definition) is 1. The summed E-state index contributed by atoms with van der Waals surface area (Å²) in [4.78, 5) is 10.6. The maximum Gasteiger partial charge on any atom is 0.137 e. The lowest BCUT2D eigenvalue weighted by Crippen LogP contribution is -2.32. The second kappa shape index (κ2) is 6.11. The molecular formula is C13H21N3O2. The third-order valence-corrected chi connectivity index (χ3v) is 3.28. The van der Waals surface area contributed by atoms with Crippen molar-refractivity contribution >= 4 is 5.82 Å². The zero-order valence-electron chi connectivity index (χ0n) is 11.1. The van der Waals surface area contributed by atoms with E-state index in [1.54, 1.807) is 6.20 Å². The lowest BCUT2D eigenvalue weighted by molar-refractivity contribution is 0.0576. The highest BCUT2D eigenvalue weighted by molar-refractivity contribution is 5.45. The summed E-state index contributed by atoms with van der Waals surface area (Å²) in [5.74, 6) is 2.11. The molecule has 1 aromatic rings. The van der Waals surface area contributed by atoms with Gasteiger partial charge in [0, 0.05) is 32.0 Å². The highest BCUT2D eigenvalue weighted by Gasteiger charge is 2.18. The first-order chi connectivity index (χ1) is 8.70. The first-order valence-electron chi connectivity index (χ1n) is 6.43. The minimum absolute atomic E-state index is 0.0267. The predicted molar refractivity (Wildman–Crippen MR) is 69.5 cm³/mol. The van der Waals surface area contributed by atoms with Crippen LogP contribution in [-0.2, 0) is 11.3 Å². The van der Waals surface area contributed by atoms with Crippen molar-refractivity contribution in [3.05, 3.63) is 17.6 Å². The highest BCUT2D eigenvalue weighted by atomic mass is 16.5. The van der Waals surface area contributed by atoms with Crippen LogP contribution in [0.5, 0.6) is 0 Å². The lowest BCUT2D eigenvalue weighted by Gasteiger charge is -2.28. The molecule has 18 heavy (non-hydrogen) atoms. The van der Waals surface area contributed by atoms with E-state index in [4.69, 9.17) is 4.74 Å². The Morgan fingerprint density at radius 1 is 1.56 bits per heavy atom. The fourth-order valence-electron chi connectivity index (χ4n) is 2.35. The maximum atomic E-state index is 9.33. The third kappa shape index (κ3) is 3.17. The van der Waals surface area contributed by atoms with E-state index in [1.807, 2.05) is 14.0 Å². The highest BCUT2D eigenvalue weighted by Crippen LogP contribution is 2.20. The molecule has 2 rings (SSSR count). The van der Waals surface area contributed by atoms with E-state index in [0.717, 1.165) is 43.4 Å². The smallest absolute Gasteiger partial charge is 0.137 e. The number of aryl methyl sites for hydroxylation is 1. The van der Waals surface area contributed by atoms with Crippen molar-refractivity contribution in [2.75, 3.05) is 31.7 Å². The van der Waals surface area contributed by atoms with Crippen LogP contribution < -0.4 is 4.90 Å². The molecule has 0 spiro atoms. The summed E-state index contributed by atoms with van der Waals surface area (Å²) in [6.07, 6.45) is 4.03. The van der Waals surface area contributed by atoms with E-state index in [9.17, 15) is 5.11 Å². The van der Waals surface area contributed by atoms with Crippen LogP contribution in [0.4, 0.5) is 5.82 Å². The van der Waals surface area contributed by atoms with E-state index in [1.165, 1.54) is 6.42 Å². The number of aliphatic hydroxyl groups is 1. The number of aliphatic hydroxyl groups excluding tert-OH is 1. The summed E-state index contributed by atoms with van der Waals surface area (Å²) < 4.78 is 5.49. The molecule has 1 fully saturated rings. The molecule has 5 heteroatoms. The van der Waals surface area contributed by atoms with Gasteiger partial charge in [0.2, 0.25) is 0 Å². The number of nitrogens with zero attached hydrogens (tertiary/aromatic N) is 3. The molecule has 0 aliphatic carbocycles. The Hall–Kier alpha value is -1.20. The minimum atomic E-state index is -0.0267. The van der Waals surface area contributed by atoms with Gasteiger partial charge in [-0.3, -0.25) is 0 Å². The molecule has 2 heterocycles. The Bertz CT molecular complexity index is 392. The Labute approximate surface area is 108 Å². The van der Waals surface area contributed by atoms with Gasteiger partial charge in [-0.2, -0.15) is 0 Å². The molecule has 0 saturated carbocycles. The normalized spacial score (nSPS) is 19.8. The molecule has 1 aliphatic heterocycles. The Kier molecular flexibility index (Phi) is 4.49. The largest absolute Gasteiger partial charge is 0.391 e. The second-order valence-corrected chi connectivity index (χ2v) is 4.89. The number of aromatic nitrogens is 2. The van der Waals surface area contributed by atoms with Crippen molar-refractivity contribution in [1.82, 2.24) is 9.97 Å². The van der Waals surface area contributed by atoms with E-state index in [2.05, 4.69) is 14.9 Å². The predicted octanol–water partition coefficient (Wildman–Crippen LogP) is 1.14. The SMILES string of the molecule is Cc1ncc(CO)c(N(C)CC2CCCOC2)n1. The van der Waals surface area contributed by atoms with Gasteiger partial charge in [0.15, 0.2) is 0 Å². The molecule has 0 radical (unpaired) electrons. The number of hydrogen-bond acceptors (Lipinski definition) is 5. The van der Waals surface area contributed by atoms with E-state index < -0.39 is 0 Å². The maximum absolute atomic E-state index is 9.33. The van der Waals surface area contributed by atoms with Gasteiger partial charge in [-0.25, -0.2) is 9.97 Å². The summed E-state index contributed by atoms with van der Waals surface area (Å²) in [7, 11) is 2.01. The summed E-state index contributed by atoms with van der Waals surface area (Å²) in [5.41, 5.74) is 0.778. The molecule has 1 aromatic heterocycles. The van der Waals surface area contributed by atoms with Crippen LogP contribution in [0.25, 0.3) is 0 Å². The van der Waals surface area contributed by atoms with E-state index >= 15 is 0 Å². The van der Waals surface area contributed by atoms with Crippen molar-refractivity contribution < 1.29 is 9.84 Å². The van der Waals surface area contributed by atoms with Crippen LogP contribution in [0.2, 0.25) is 0 Å². The standard InChI is InChI=1S/C13H21N3O2/c1-10-14-6-12(8-17)13(15-10)16(2)7-11-4-3-5-18-9-11/h6,11,17H,3-5,7-9H2,1-2H3. The van der Waals surface area contributed by atoms with Gasteiger partial charge in [-0.1, -0.05) is 0 Å². The van der Waals surface area contributed by atoms with Gasteiger partial charge in [0.25, 0.3) is 0 Å². The molecule has 100 valence electrons. The van der Waals surface area contributed by atoms with Gasteiger partial charge >= 0.3 is 0 Å². The number of ether oxygens (including phenoxy) is 1. The van der Waals surface area contributed by atoms with E-state index in [0.29, 0.717) is 5.92 Å². The first-order valence-corrected chi connectivity index (χ1v) is 6.43. The molecule has 1 atom stereocenters. The van der Waals surface area contributed by atoms with Gasteiger partial charge in [0.1, 0.15) is 11.6 Å². The Morgan fingerprint density at radius 3 is 3.06 bits per heavy atom. The number of rotatable bonds is 4. The zero-order valence-corrected chi connectivity index (χ0v) is 11.1. The van der Waals surface area contributed by atoms with Crippen LogP contribution in [0, 0.1) is 12.8 Å². The van der Waals surface area contributed by atoms with Crippen LogP contribution >= 0.6 is 0 Å². The molecule has 1 aliphatic rings. The van der Waals surface area contributed by atoms with Crippen molar-refractivity contribution in [1.29, 1.82) is 0 Å².